The molecule has 0 radical (unpaired) electrons. The summed E-state index contributed by atoms with van der Waals surface area (Å²) in [6.45, 7) is 2.34. The number of hydrogen-bond acceptors (Lipinski definition) is 3. The lowest BCUT2D eigenvalue weighted by Crippen LogP contribution is -2.27. The quantitative estimate of drug-likeness (QED) is 0.609. The molecule has 0 aromatic carbocycles. The number of rotatable bonds is 5. The highest BCUT2D eigenvalue weighted by molar-refractivity contribution is 7.52. The van der Waals surface area contributed by atoms with Crippen LogP contribution in [-0.2, 0) is 4.52 Å². The SMILES string of the molecule is OP1(N(CCCl)CCCl)=NCCCO1. The molecule has 1 unspecified atom stereocenters. The molecule has 0 aliphatic carbocycles. The second-order valence-corrected chi connectivity index (χ2v) is 5.79. The van der Waals surface area contributed by atoms with E-state index in [0.29, 0.717) is 38.0 Å². The molecule has 0 amide bonds. The van der Waals surface area contributed by atoms with Crippen molar-refractivity contribution in [3.8, 4) is 0 Å². The first-order valence-corrected chi connectivity index (χ1v) is 7.19. The Bertz CT molecular complexity index is 222. The molecule has 7 heteroatoms. The van der Waals surface area contributed by atoms with Crippen LogP contribution in [0.5, 0.6) is 0 Å². The number of halogens is 2. The van der Waals surface area contributed by atoms with Gasteiger partial charge in [0.1, 0.15) is 0 Å². The van der Waals surface area contributed by atoms with Gasteiger partial charge in [-0.05, 0) is 6.42 Å². The van der Waals surface area contributed by atoms with Gasteiger partial charge < -0.3 is 9.42 Å². The maximum Gasteiger partial charge on any atom is 0.287 e. The van der Waals surface area contributed by atoms with Crippen molar-refractivity contribution in [2.24, 2.45) is 4.74 Å². The topological polar surface area (TPSA) is 45.1 Å². The molecule has 14 heavy (non-hydrogen) atoms. The summed E-state index contributed by atoms with van der Waals surface area (Å²) in [5, 5.41) is 0. The monoisotopic (exact) mass is 260 g/mol. The van der Waals surface area contributed by atoms with Crippen LogP contribution in [0.2, 0.25) is 0 Å². The molecule has 0 saturated carbocycles. The summed E-state index contributed by atoms with van der Waals surface area (Å²) in [6.07, 6.45) is 0.873. The normalized spacial score (nSPS) is 27.7. The molecule has 1 atom stereocenters. The average molecular weight is 261 g/mol. The lowest BCUT2D eigenvalue weighted by atomic mass is 10.5. The summed E-state index contributed by atoms with van der Waals surface area (Å²) in [4.78, 5) is 10.1. The molecule has 1 aliphatic heterocycles. The van der Waals surface area contributed by atoms with E-state index in [4.69, 9.17) is 27.7 Å². The van der Waals surface area contributed by atoms with Crippen molar-refractivity contribution < 1.29 is 9.42 Å². The molecular weight excluding hydrogens is 246 g/mol. The van der Waals surface area contributed by atoms with Gasteiger partial charge in [0.2, 0.25) is 0 Å². The van der Waals surface area contributed by atoms with Crippen LogP contribution in [0, 0.1) is 0 Å². The van der Waals surface area contributed by atoms with Crippen LogP contribution in [0.3, 0.4) is 0 Å². The first kappa shape index (κ1) is 12.8. The van der Waals surface area contributed by atoms with Gasteiger partial charge in [-0.1, -0.05) is 0 Å². The molecule has 0 aromatic rings. The van der Waals surface area contributed by atoms with Gasteiger partial charge in [0.25, 0.3) is 7.66 Å². The molecule has 0 saturated heterocycles. The minimum Gasteiger partial charge on any atom is -0.328 e. The zero-order valence-electron chi connectivity index (χ0n) is 7.90. The minimum atomic E-state index is -2.72. The molecule has 0 spiro atoms. The van der Waals surface area contributed by atoms with Gasteiger partial charge >= 0.3 is 0 Å². The molecule has 1 heterocycles. The Morgan fingerprint density at radius 1 is 1.36 bits per heavy atom. The third-order valence-electron chi connectivity index (χ3n) is 1.90. The van der Waals surface area contributed by atoms with Crippen LogP contribution in [0.25, 0.3) is 0 Å². The predicted octanol–water partition coefficient (Wildman–Crippen LogP) is 2.12. The summed E-state index contributed by atoms with van der Waals surface area (Å²) in [5.41, 5.74) is 0. The largest absolute Gasteiger partial charge is 0.328 e. The Labute approximate surface area is 94.4 Å². The summed E-state index contributed by atoms with van der Waals surface area (Å²) in [6, 6.07) is 0. The highest BCUT2D eigenvalue weighted by atomic mass is 35.5. The van der Waals surface area contributed by atoms with Gasteiger partial charge in [-0.15, -0.1) is 23.2 Å². The lowest BCUT2D eigenvalue weighted by Gasteiger charge is -2.32. The van der Waals surface area contributed by atoms with Crippen LogP contribution in [0.4, 0.5) is 0 Å². The number of alkyl halides is 2. The van der Waals surface area contributed by atoms with Crippen molar-refractivity contribution in [3.63, 3.8) is 0 Å². The van der Waals surface area contributed by atoms with Crippen LogP contribution in [0.1, 0.15) is 6.42 Å². The lowest BCUT2D eigenvalue weighted by molar-refractivity contribution is 0.233. The predicted molar refractivity (Wildman–Crippen MR) is 60.0 cm³/mol. The molecule has 0 aromatic heterocycles. The van der Waals surface area contributed by atoms with Crippen molar-refractivity contribution >= 4 is 30.9 Å². The molecular formula is C7H15Cl2N2O2P. The van der Waals surface area contributed by atoms with E-state index in [1.807, 2.05) is 0 Å². The standard InChI is InChI=1S/C7H15Cl2N2O2P/c8-2-5-11(6-3-9)14(12)10-4-1-7-13-14/h12H,1-7H2. The van der Waals surface area contributed by atoms with Crippen molar-refractivity contribution in [2.75, 3.05) is 38.0 Å². The summed E-state index contributed by atoms with van der Waals surface area (Å²) in [7, 11) is -2.72. The Kier molecular flexibility index (Phi) is 5.75. The van der Waals surface area contributed by atoms with E-state index in [-0.39, 0.29) is 0 Å². The van der Waals surface area contributed by atoms with Crippen molar-refractivity contribution in [1.29, 1.82) is 0 Å². The first-order valence-electron chi connectivity index (χ1n) is 4.55. The second kappa shape index (κ2) is 6.31. The van der Waals surface area contributed by atoms with Gasteiger partial charge in [-0.2, -0.15) is 0 Å². The third kappa shape index (κ3) is 3.37. The van der Waals surface area contributed by atoms with Gasteiger partial charge in [0.05, 0.1) is 6.61 Å². The van der Waals surface area contributed by atoms with E-state index in [9.17, 15) is 4.89 Å². The Morgan fingerprint density at radius 3 is 2.43 bits per heavy atom. The second-order valence-electron chi connectivity index (χ2n) is 2.90. The molecule has 1 rings (SSSR count). The van der Waals surface area contributed by atoms with Gasteiger partial charge in [0, 0.05) is 31.4 Å². The Balaban J connectivity index is 2.68. The van der Waals surface area contributed by atoms with Gasteiger partial charge in [0.15, 0.2) is 0 Å². The molecule has 84 valence electrons. The maximum absolute atomic E-state index is 10.1. The Morgan fingerprint density at radius 2 is 2.00 bits per heavy atom. The summed E-state index contributed by atoms with van der Waals surface area (Å²) in [5.74, 6) is 0.885. The van der Waals surface area contributed by atoms with E-state index in [1.165, 1.54) is 0 Å². The third-order valence-corrected chi connectivity index (χ3v) is 4.48. The van der Waals surface area contributed by atoms with Crippen LogP contribution in [-0.4, -0.2) is 47.6 Å². The van der Waals surface area contributed by atoms with Crippen molar-refractivity contribution in [3.05, 3.63) is 0 Å². The average Bonchev–Trinajstić information content (AvgIpc) is 2.19. The number of hydrogen-bond donors (Lipinski definition) is 1. The number of nitrogens with zero attached hydrogens (tertiary/aromatic N) is 2. The molecule has 0 fully saturated rings. The van der Waals surface area contributed by atoms with Gasteiger partial charge in [-0.3, -0.25) is 0 Å². The van der Waals surface area contributed by atoms with Crippen molar-refractivity contribution in [1.82, 2.24) is 4.67 Å². The van der Waals surface area contributed by atoms with Crippen LogP contribution < -0.4 is 0 Å². The van der Waals surface area contributed by atoms with Crippen LogP contribution >= 0.6 is 30.9 Å². The Hall–Kier alpha value is 0.690. The van der Waals surface area contributed by atoms with Gasteiger partial charge in [-0.25, -0.2) is 9.42 Å². The smallest absolute Gasteiger partial charge is 0.287 e. The zero-order valence-corrected chi connectivity index (χ0v) is 10.3. The first-order chi connectivity index (χ1) is 6.73. The van der Waals surface area contributed by atoms with Crippen molar-refractivity contribution in [2.45, 2.75) is 6.42 Å². The fourth-order valence-electron chi connectivity index (χ4n) is 1.23. The maximum atomic E-state index is 10.1. The van der Waals surface area contributed by atoms with Crippen LogP contribution in [0.15, 0.2) is 4.74 Å². The summed E-state index contributed by atoms with van der Waals surface area (Å²) >= 11 is 11.3. The molecule has 1 aliphatic rings. The van der Waals surface area contributed by atoms with E-state index in [2.05, 4.69) is 4.74 Å². The molecule has 1 N–H and O–H groups in total. The van der Waals surface area contributed by atoms with E-state index in [1.54, 1.807) is 4.67 Å². The molecule has 0 bridgehead atoms. The highest BCUT2D eigenvalue weighted by Crippen LogP contribution is 2.51. The minimum absolute atomic E-state index is 0.443. The fraction of sp³-hybridized carbons (Fsp3) is 1.00. The van der Waals surface area contributed by atoms with E-state index >= 15 is 0 Å². The highest BCUT2D eigenvalue weighted by Gasteiger charge is 2.27. The van der Waals surface area contributed by atoms with E-state index in [0.717, 1.165) is 6.42 Å². The fourth-order valence-corrected chi connectivity index (χ4v) is 3.80. The molecule has 4 nitrogen and oxygen atoms in total. The zero-order chi connectivity index (χ0) is 10.4. The van der Waals surface area contributed by atoms with E-state index < -0.39 is 7.66 Å². The summed E-state index contributed by atoms with van der Waals surface area (Å²) < 4.78 is 11.2.